The molecule has 1 rings (SSSR count). The van der Waals surface area contributed by atoms with Gasteiger partial charge in [-0.3, -0.25) is 4.79 Å². The summed E-state index contributed by atoms with van der Waals surface area (Å²) in [6.45, 7) is 0. The van der Waals surface area contributed by atoms with Crippen LogP contribution in [0.2, 0.25) is 0 Å². The van der Waals surface area contributed by atoms with E-state index in [0.717, 1.165) is 31.2 Å². The number of hydrogen-bond acceptors (Lipinski definition) is 2. The molecule has 124 valence electrons. The second-order valence-electron chi connectivity index (χ2n) is 5.82. The van der Waals surface area contributed by atoms with E-state index in [1.807, 2.05) is 30.3 Å². The summed E-state index contributed by atoms with van der Waals surface area (Å²) < 4.78 is 18.5. The number of alkyl halides is 1. The third-order valence-electron chi connectivity index (χ3n) is 3.98. The molecule has 22 heavy (non-hydrogen) atoms. The highest BCUT2D eigenvalue weighted by Gasteiger charge is 2.08. The molecular weight excluding hydrogens is 279 g/mol. The van der Waals surface area contributed by atoms with Gasteiger partial charge >= 0.3 is 5.97 Å². The Morgan fingerprint density at radius 1 is 0.955 bits per heavy atom. The van der Waals surface area contributed by atoms with Crippen molar-refractivity contribution in [2.45, 2.75) is 70.4 Å². The lowest BCUT2D eigenvalue weighted by Gasteiger charge is -2.08. The predicted molar refractivity (Wildman–Crippen MR) is 88.5 cm³/mol. The number of ether oxygens (including phenoxy) is 1. The highest BCUT2D eigenvalue weighted by atomic mass is 19.1. The highest BCUT2D eigenvalue weighted by molar-refractivity contribution is 5.68. The van der Waals surface area contributed by atoms with E-state index in [4.69, 9.17) is 0 Å². The monoisotopic (exact) mass is 308 g/mol. The minimum atomic E-state index is -0.820. The lowest BCUT2D eigenvalue weighted by atomic mass is 10.0. The first-order valence-electron chi connectivity index (χ1n) is 8.50. The predicted octanol–water partition coefficient (Wildman–Crippen LogP) is 5.77. The number of carbonyl (C=O) groups excluding carboxylic acids is 1. The maximum absolute atomic E-state index is 13.9. The standard InChI is InChI=1S/C19H29FO2/c1-22-19(21)16-12-7-5-3-2-4-6-11-15-18(20)17-13-9-8-10-14-17/h8-10,13-14,18H,2-7,11-12,15-16H2,1H3. The Morgan fingerprint density at radius 2 is 1.50 bits per heavy atom. The highest BCUT2D eigenvalue weighted by Crippen LogP contribution is 2.23. The van der Waals surface area contributed by atoms with Gasteiger partial charge in [0.05, 0.1) is 7.11 Å². The minimum absolute atomic E-state index is 0.112. The number of hydrogen-bond donors (Lipinski definition) is 0. The van der Waals surface area contributed by atoms with E-state index in [1.165, 1.54) is 32.8 Å². The first-order chi connectivity index (χ1) is 10.7. The van der Waals surface area contributed by atoms with Gasteiger partial charge < -0.3 is 4.74 Å². The molecule has 0 amide bonds. The molecular formula is C19H29FO2. The van der Waals surface area contributed by atoms with Crippen molar-refractivity contribution in [1.29, 1.82) is 0 Å². The molecule has 0 aromatic heterocycles. The lowest BCUT2D eigenvalue weighted by molar-refractivity contribution is -0.140. The summed E-state index contributed by atoms with van der Waals surface area (Å²) in [6, 6.07) is 9.42. The molecule has 0 aliphatic carbocycles. The molecule has 0 radical (unpaired) electrons. The van der Waals surface area contributed by atoms with Crippen molar-refractivity contribution >= 4 is 5.97 Å². The van der Waals surface area contributed by atoms with E-state index in [-0.39, 0.29) is 5.97 Å². The SMILES string of the molecule is COC(=O)CCCCCCCCCCC(F)c1ccccc1. The maximum atomic E-state index is 13.9. The molecule has 1 atom stereocenters. The fourth-order valence-corrected chi connectivity index (χ4v) is 2.58. The van der Waals surface area contributed by atoms with Gasteiger partial charge in [-0.15, -0.1) is 0 Å². The molecule has 0 saturated carbocycles. The molecule has 1 aromatic rings. The lowest BCUT2D eigenvalue weighted by Crippen LogP contribution is -1.99. The average molecular weight is 308 g/mol. The molecule has 0 saturated heterocycles. The van der Waals surface area contributed by atoms with Crippen LogP contribution in [0.4, 0.5) is 4.39 Å². The van der Waals surface area contributed by atoms with Crippen molar-refractivity contribution < 1.29 is 13.9 Å². The zero-order valence-electron chi connectivity index (χ0n) is 13.7. The van der Waals surface area contributed by atoms with Crippen molar-refractivity contribution in [1.82, 2.24) is 0 Å². The number of unbranched alkanes of at least 4 members (excludes halogenated alkanes) is 7. The Bertz CT molecular complexity index is 392. The van der Waals surface area contributed by atoms with Gasteiger partial charge in [0, 0.05) is 6.42 Å². The molecule has 0 aliphatic heterocycles. The molecule has 0 fully saturated rings. The number of halogens is 1. The molecule has 1 aromatic carbocycles. The smallest absolute Gasteiger partial charge is 0.305 e. The normalized spacial score (nSPS) is 12.1. The van der Waals surface area contributed by atoms with Crippen LogP contribution in [0.5, 0.6) is 0 Å². The zero-order chi connectivity index (χ0) is 16.0. The molecule has 0 N–H and O–H groups in total. The summed E-state index contributed by atoms with van der Waals surface area (Å²) in [5.74, 6) is -0.112. The summed E-state index contributed by atoms with van der Waals surface area (Å²) in [5, 5.41) is 0. The van der Waals surface area contributed by atoms with Gasteiger partial charge in [0.15, 0.2) is 0 Å². The Balaban J connectivity index is 1.88. The van der Waals surface area contributed by atoms with Crippen molar-refractivity contribution in [2.24, 2.45) is 0 Å². The van der Waals surface area contributed by atoms with Crippen molar-refractivity contribution in [3.63, 3.8) is 0 Å². The Hall–Kier alpha value is -1.38. The first kappa shape index (κ1) is 18.7. The van der Waals surface area contributed by atoms with Crippen LogP contribution in [-0.2, 0) is 9.53 Å². The fraction of sp³-hybridized carbons (Fsp3) is 0.632. The van der Waals surface area contributed by atoms with E-state index in [1.54, 1.807) is 0 Å². The third kappa shape index (κ3) is 8.81. The molecule has 0 heterocycles. The van der Waals surface area contributed by atoms with Crippen LogP contribution in [0, 0.1) is 0 Å². The summed E-state index contributed by atoms with van der Waals surface area (Å²) in [5.41, 5.74) is 0.799. The number of esters is 1. The fourth-order valence-electron chi connectivity index (χ4n) is 2.58. The van der Waals surface area contributed by atoms with E-state index in [2.05, 4.69) is 4.74 Å². The molecule has 1 unspecified atom stereocenters. The van der Waals surface area contributed by atoms with Gasteiger partial charge in [-0.2, -0.15) is 0 Å². The zero-order valence-corrected chi connectivity index (χ0v) is 13.7. The summed E-state index contributed by atoms with van der Waals surface area (Å²) in [4.78, 5) is 10.9. The van der Waals surface area contributed by atoms with Crippen LogP contribution in [-0.4, -0.2) is 13.1 Å². The first-order valence-corrected chi connectivity index (χ1v) is 8.50. The van der Waals surface area contributed by atoms with Crippen LogP contribution in [0.15, 0.2) is 30.3 Å². The molecule has 0 aliphatic rings. The van der Waals surface area contributed by atoms with Crippen molar-refractivity contribution in [3.05, 3.63) is 35.9 Å². The van der Waals surface area contributed by atoms with E-state index < -0.39 is 6.17 Å². The third-order valence-corrected chi connectivity index (χ3v) is 3.98. The van der Waals surface area contributed by atoms with Crippen LogP contribution in [0.1, 0.15) is 75.9 Å². The molecule has 2 nitrogen and oxygen atoms in total. The van der Waals surface area contributed by atoms with E-state index in [0.29, 0.717) is 12.8 Å². The quantitative estimate of drug-likeness (QED) is 0.362. The Labute approximate surface area is 134 Å². The second kappa shape index (κ2) is 12.2. The molecule has 3 heteroatoms. The summed E-state index contributed by atoms with van der Waals surface area (Å²) >= 11 is 0. The van der Waals surface area contributed by atoms with E-state index >= 15 is 0 Å². The van der Waals surface area contributed by atoms with Gasteiger partial charge in [-0.25, -0.2) is 4.39 Å². The topological polar surface area (TPSA) is 26.3 Å². The number of carbonyl (C=O) groups is 1. The molecule has 0 bridgehead atoms. The van der Waals surface area contributed by atoms with Gasteiger partial charge in [0.1, 0.15) is 6.17 Å². The van der Waals surface area contributed by atoms with Crippen LogP contribution in [0.25, 0.3) is 0 Å². The van der Waals surface area contributed by atoms with Gasteiger partial charge in [-0.1, -0.05) is 75.3 Å². The number of rotatable bonds is 12. The largest absolute Gasteiger partial charge is 0.469 e. The maximum Gasteiger partial charge on any atom is 0.305 e. The Morgan fingerprint density at radius 3 is 2.09 bits per heavy atom. The number of methoxy groups -OCH3 is 1. The molecule has 0 spiro atoms. The van der Waals surface area contributed by atoms with Crippen molar-refractivity contribution in [2.75, 3.05) is 7.11 Å². The van der Waals surface area contributed by atoms with Gasteiger partial charge in [-0.05, 0) is 18.4 Å². The summed E-state index contributed by atoms with van der Waals surface area (Å²) in [7, 11) is 1.43. The van der Waals surface area contributed by atoms with Crippen LogP contribution in [0.3, 0.4) is 0 Å². The number of benzene rings is 1. The van der Waals surface area contributed by atoms with Crippen molar-refractivity contribution in [3.8, 4) is 0 Å². The van der Waals surface area contributed by atoms with E-state index in [9.17, 15) is 9.18 Å². The van der Waals surface area contributed by atoms with Crippen LogP contribution >= 0.6 is 0 Å². The summed E-state index contributed by atoms with van der Waals surface area (Å²) in [6.07, 6.45) is 9.19. The van der Waals surface area contributed by atoms with Gasteiger partial charge in [0.2, 0.25) is 0 Å². The Kier molecular flexibility index (Phi) is 10.3. The van der Waals surface area contributed by atoms with Gasteiger partial charge in [0.25, 0.3) is 0 Å². The average Bonchev–Trinajstić information content (AvgIpc) is 2.56. The minimum Gasteiger partial charge on any atom is -0.469 e. The second-order valence-corrected chi connectivity index (χ2v) is 5.82. The van der Waals surface area contributed by atoms with Crippen LogP contribution < -0.4 is 0 Å².